The van der Waals surface area contributed by atoms with E-state index in [2.05, 4.69) is 25.9 Å². The fraction of sp³-hybridized carbons (Fsp3) is 0.167. The number of aromatic nitrogens is 2. The molecule has 0 aliphatic heterocycles. The van der Waals surface area contributed by atoms with Gasteiger partial charge in [-0.3, -0.25) is 4.98 Å². The van der Waals surface area contributed by atoms with Gasteiger partial charge < -0.3 is 4.74 Å². The standard InChI is InChI=1S/C12H10BrClN2O/c1-8-2-9(5-14)3-12(16-8)17-11-4-10(13)6-15-7-11/h2-4,6-7H,5H2,1H3. The van der Waals surface area contributed by atoms with Gasteiger partial charge >= 0.3 is 0 Å². The predicted octanol–water partition coefficient (Wildman–Crippen LogP) is 4.08. The molecule has 17 heavy (non-hydrogen) atoms. The number of rotatable bonds is 3. The zero-order chi connectivity index (χ0) is 12.3. The molecule has 0 amide bonds. The highest BCUT2D eigenvalue weighted by molar-refractivity contribution is 9.10. The van der Waals surface area contributed by atoms with Crippen LogP contribution in [0.5, 0.6) is 11.6 Å². The number of alkyl halides is 1. The maximum atomic E-state index is 5.80. The number of pyridine rings is 2. The number of halogens is 2. The molecule has 2 rings (SSSR count). The molecule has 2 aromatic heterocycles. The van der Waals surface area contributed by atoms with Crippen molar-refractivity contribution in [3.8, 4) is 11.6 Å². The lowest BCUT2D eigenvalue weighted by molar-refractivity contribution is 0.458. The molecule has 0 bridgehead atoms. The Hall–Kier alpha value is -1.13. The molecule has 0 saturated heterocycles. The molecule has 3 nitrogen and oxygen atoms in total. The van der Waals surface area contributed by atoms with Gasteiger partial charge in [0.2, 0.25) is 5.88 Å². The van der Waals surface area contributed by atoms with E-state index < -0.39 is 0 Å². The first-order valence-electron chi connectivity index (χ1n) is 4.99. The number of ether oxygens (including phenoxy) is 1. The Bertz CT molecular complexity index is 534. The van der Waals surface area contributed by atoms with Crippen LogP contribution in [0.3, 0.4) is 0 Å². The molecule has 0 aliphatic carbocycles. The van der Waals surface area contributed by atoms with Crippen LogP contribution in [0.2, 0.25) is 0 Å². The largest absolute Gasteiger partial charge is 0.437 e. The first-order valence-corrected chi connectivity index (χ1v) is 6.32. The molecule has 0 saturated carbocycles. The third kappa shape index (κ3) is 3.41. The number of hydrogen-bond donors (Lipinski definition) is 0. The molecule has 0 N–H and O–H groups in total. The monoisotopic (exact) mass is 312 g/mol. The summed E-state index contributed by atoms with van der Waals surface area (Å²) in [5.74, 6) is 1.61. The Labute approximate surface area is 113 Å². The van der Waals surface area contributed by atoms with Crippen molar-refractivity contribution in [3.05, 3.63) is 46.3 Å². The van der Waals surface area contributed by atoms with Crippen molar-refractivity contribution in [3.63, 3.8) is 0 Å². The Kier molecular flexibility index (Phi) is 3.97. The average molecular weight is 314 g/mol. The summed E-state index contributed by atoms with van der Waals surface area (Å²) in [5, 5.41) is 0. The van der Waals surface area contributed by atoms with E-state index in [1.807, 2.05) is 25.1 Å². The van der Waals surface area contributed by atoms with Gasteiger partial charge in [0.1, 0.15) is 5.75 Å². The molecule has 88 valence electrons. The van der Waals surface area contributed by atoms with Gasteiger partial charge in [-0.1, -0.05) is 0 Å². The van der Waals surface area contributed by atoms with Gasteiger partial charge in [0, 0.05) is 28.3 Å². The highest BCUT2D eigenvalue weighted by Crippen LogP contribution is 2.23. The lowest BCUT2D eigenvalue weighted by Gasteiger charge is -2.07. The van der Waals surface area contributed by atoms with Crippen molar-refractivity contribution in [2.24, 2.45) is 0 Å². The van der Waals surface area contributed by atoms with Gasteiger partial charge in [-0.25, -0.2) is 4.98 Å². The van der Waals surface area contributed by atoms with Gasteiger partial charge in [-0.05, 0) is 40.5 Å². The normalized spacial score (nSPS) is 10.3. The molecule has 0 fully saturated rings. The minimum atomic E-state index is 0.441. The van der Waals surface area contributed by atoms with Gasteiger partial charge in [0.05, 0.1) is 6.20 Å². The summed E-state index contributed by atoms with van der Waals surface area (Å²) >= 11 is 9.13. The molecule has 0 spiro atoms. The summed E-state index contributed by atoms with van der Waals surface area (Å²) in [4.78, 5) is 8.30. The van der Waals surface area contributed by atoms with Crippen molar-refractivity contribution < 1.29 is 4.74 Å². The van der Waals surface area contributed by atoms with Crippen LogP contribution >= 0.6 is 27.5 Å². The van der Waals surface area contributed by atoms with Crippen LogP contribution in [0.25, 0.3) is 0 Å². The summed E-state index contributed by atoms with van der Waals surface area (Å²) in [6.07, 6.45) is 3.33. The van der Waals surface area contributed by atoms with Crippen molar-refractivity contribution in [1.29, 1.82) is 0 Å². The minimum Gasteiger partial charge on any atom is -0.437 e. The van der Waals surface area contributed by atoms with E-state index in [0.29, 0.717) is 17.5 Å². The van der Waals surface area contributed by atoms with Gasteiger partial charge in [-0.2, -0.15) is 0 Å². The molecule has 0 radical (unpaired) electrons. The van der Waals surface area contributed by atoms with E-state index in [-0.39, 0.29) is 0 Å². The highest BCUT2D eigenvalue weighted by Gasteiger charge is 2.03. The third-order valence-corrected chi connectivity index (χ3v) is 2.79. The number of aryl methyl sites for hydroxylation is 1. The van der Waals surface area contributed by atoms with E-state index in [1.165, 1.54) is 0 Å². The van der Waals surface area contributed by atoms with Gasteiger partial charge in [-0.15, -0.1) is 11.6 Å². The van der Waals surface area contributed by atoms with Crippen molar-refractivity contribution in [2.45, 2.75) is 12.8 Å². The molecule has 0 aromatic carbocycles. The SMILES string of the molecule is Cc1cc(CCl)cc(Oc2cncc(Br)c2)n1. The van der Waals surface area contributed by atoms with Crippen LogP contribution in [0, 0.1) is 6.92 Å². The summed E-state index contributed by atoms with van der Waals surface area (Å²) in [5.41, 5.74) is 1.86. The second kappa shape index (κ2) is 5.47. The fourth-order valence-electron chi connectivity index (χ4n) is 1.41. The topological polar surface area (TPSA) is 35.0 Å². The lowest BCUT2D eigenvalue weighted by Crippen LogP contribution is -1.93. The molecule has 0 atom stereocenters. The Morgan fingerprint density at radius 1 is 1.29 bits per heavy atom. The Morgan fingerprint density at radius 2 is 2.12 bits per heavy atom. The van der Waals surface area contributed by atoms with E-state index in [0.717, 1.165) is 15.7 Å². The zero-order valence-electron chi connectivity index (χ0n) is 9.15. The van der Waals surface area contributed by atoms with Crippen LogP contribution in [0.1, 0.15) is 11.3 Å². The second-order valence-electron chi connectivity index (χ2n) is 3.53. The molecule has 2 heterocycles. The summed E-state index contributed by atoms with van der Waals surface area (Å²) < 4.78 is 6.48. The van der Waals surface area contributed by atoms with Crippen molar-refractivity contribution >= 4 is 27.5 Å². The Morgan fingerprint density at radius 3 is 2.82 bits per heavy atom. The zero-order valence-corrected chi connectivity index (χ0v) is 11.5. The molecular weight excluding hydrogens is 304 g/mol. The first kappa shape index (κ1) is 12.3. The Balaban J connectivity index is 2.26. The number of nitrogens with zero attached hydrogens (tertiary/aromatic N) is 2. The maximum absolute atomic E-state index is 5.80. The van der Waals surface area contributed by atoms with Gasteiger partial charge in [0.25, 0.3) is 0 Å². The van der Waals surface area contributed by atoms with Crippen LogP contribution in [0.4, 0.5) is 0 Å². The first-order chi connectivity index (χ1) is 8.17. The van der Waals surface area contributed by atoms with Crippen LogP contribution in [-0.2, 0) is 5.88 Å². The number of hydrogen-bond acceptors (Lipinski definition) is 3. The highest BCUT2D eigenvalue weighted by atomic mass is 79.9. The maximum Gasteiger partial charge on any atom is 0.219 e. The van der Waals surface area contributed by atoms with Gasteiger partial charge in [0.15, 0.2) is 0 Å². The van der Waals surface area contributed by atoms with Crippen molar-refractivity contribution in [1.82, 2.24) is 9.97 Å². The average Bonchev–Trinajstić information content (AvgIpc) is 2.28. The van der Waals surface area contributed by atoms with E-state index in [1.54, 1.807) is 12.4 Å². The molecular formula is C12H10BrClN2O. The lowest BCUT2D eigenvalue weighted by atomic mass is 10.2. The van der Waals surface area contributed by atoms with E-state index >= 15 is 0 Å². The molecule has 0 unspecified atom stereocenters. The minimum absolute atomic E-state index is 0.441. The second-order valence-corrected chi connectivity index (χ2v) is 4.71. The smallest absolute Gasteiger partial charge is 0.219 e. The van der Waals surface area contributed by atoms with E-state index in [9.17, 15) is 0 Å². The quantitative estimate of drug-likeness (QED) is 0.801. The summed E-state index contributed by atoms with van der Waals surface area (Å²) in [6, 6.07) is 5.58. The predicted molar refractivity (Wildman–Crippen MR) is 70.5 cm³/mol. The fourth-order valence-corrected chi connectivity index (χ4v) is 1.90. The molecule has 5 heteroatoms. The summed E-state index contributed by atoms with van der Waals surface area (Å²) in [6.45, 7) is 1.90. The molecule has 2 aromatic rings. The summed E-state index contributed by atoms with van der Waals surface area (Å²) in [7, 11) is 0. The van der Waals surface area contributed by atoms with Crippen molar-refractivity contribution in [2.75, 3.05) is 0 Å². The molecule has 0 aliphatic rings. The van der Waals surface area contributed by atoms with Crippen LogP contribution in [0.15, 0.2) is 35.1 Å². The van der Waals surface area contributed by atoms with E-state index in [4.69, 9.17) is 16.3 Å². The third-order valence-electron chi connectivity index (χ3n) is 2.05. The van der Waals surface area contributed by atoms with Crippen LogP contribution < -0.4 is 4.74 Å². The van der Waals surface area contributed by atoms with Crippen LogP contribution in [-0.4, -0.2) is 9.97 Å².